The lowest BCUT2D eigenvalue weighted by Gasteiger charge is -2.28. The summed E-state index contributed by atoms with van der Waals surface area (Å²) < 4.78 is 8.20. The second-order valence-corrected chi connectivity index (χ2v) is 9.03. The second kappa shape index (κ2) is 7.82. The molecule has 28 heavy (non-hydrogen) atoms. The van der Waals surface area contributed by atoms with Gasteiger partial charge in [-0.05, 0) is 64.9 Å². The molecule has 2 heterocycles. The summed E-state index contributed by atoms with van der Waals surface area (Å²) in [5, 5.41) is 9.76. The van der Waals surface area contributed by atoms with Gasteiger partial charge in [-0.1, -0.05) is 0 Å². The molecule has 0 aliphatic heterocycles. The summed E-state index contributed by atoms with van der Waals surface area (Å²) >= 11 is 0. The van der Waals surface area contributed by atoms with Gasteiger partial charge in [0.1, 0.15) is 23.2 Å². The number of aromatic nitrogens is 3. The van der Waals surface area contributed by atoms with E-state index in [1.165, 1.54) is 19.3 Å². The van der Waals surface area contributed by atoms with Crippen LogP contribution in [0, 0.1) is 0 Å². The molecule has 2 aliphatic carbocycles. The van der Waals surface area contributed by atoms with E-state index in [1.54, 1.807) is 13.8 Å². The Morgan fingerprint density at radius 2 is 2.00 bits per heavy atom. The molecule has 152 valence electrons. The lowest BCUT2D eigenvalue weighted by molar-refractivity contribution is -0.122. The number of hydrogen-bond donors (Lipinski definition) is 1. The number of unbranched alkanes of at least 4 members (excludes halogenated alkanes) is 1. The molecule has 0 bridgehead atoms. The first-order valence-corrected chi connectivity index (χ1v) is 10.7. The van der Waals surface area contributed by atoms with E-state index >= 15 is 0 Å². The summed E-state index contributed by atoms with van der Waals surface area (Å²) in [6, 6.07) is 4.43. The number of aliphatic hydroxyl groups is 1. The van der Waals surface area contributed by atoms with E-state index in [0.29, 0.717) is 24.4 Å². The minimum Gasteiger partial charge on any atom is -0.474 e. The van der Waals surface area contributed by atoms with Crippen molar-refractivity contribution in [3.8, 4) is 5.88 Å². The number of carbonyl (C=O) groups is 1. The number of fused-ring (bicyclic) bond motifs is 1. The number of aryl methyl sites for hydroxylation is 1. The van der Waals surface area contributed by atoms with Crippen LogP contribution in [0.15, 0.2) is 12.1 Å². The van der Waals surface area contributed by atoms with Gasteiger partial charge in [0.25, 0.3) is 0 Å². The molecule has 6 heteroatoms. The normalized spacial score (nSPS) is 17.7. The van der Waals surface area contributed by atoms with Crippen molar-refractivity contribution in [2.75, 3.05) is 0 Å². The molecule has 0 atom stereocenters. The van der Waals surface area contributed by atoms with E-state index in [2.05, 4.69) is 4.57 Å². The van der Waals surface area contributed by atoms with Gasteiger partial charge in [-0.25, -0.2) is 4.98 Å². The number of imidazole rings is 1. The largest absolute Gasteiger partial charge is 0.474 e. The number of nitrogens with zero attached hydrogens (tertiary/aromatic N) is 3. The van der Waals surface area contributed by atoms with Crippen molar-refractivity contribution in [2.24, 2.45) is 0 Å². The monoisotopic (exact) mass is 385 g/mol. The van der Waals surface area contributed by atoms with Gasteiger partial charge >= 0.3 is 0 Å². The average molecular weight is 386 g/mol. The molecular formula is C22H31N3O3. The Morgan fingerprint density at radius 3 is 2.64 bits per heavy atom. The number of ketones is 1. The molecule has 2 saturated carbocycles. The van der Waals surface area contributed by atoms with Crippen molar-refractivity contribution >= 4 is 16.9 Å². The molecule has 0 saturated heterocycles. The Kier molecular flexibility index (Phi) is 5.41. The van der Waals surface area contributed by atoms with Crippen molar-refractivity contribution in [3.63, 3.8) is 0 Å². The fourth-order valence-corrected chi connectivity index (χ4v) is 3.81. The van der Waals surface area contributed by atoms with Gasteiger partial charge in [0.15, 0.2) is 5.65 Å². The maximum Gasteiger partial charge on any atom is 0.215 e. The van der Waals surface area contributed by atoms with Gasteiger partial charge in [-0.3, -0.25) is 4.79 Å². The Hall–Kier alpha value is -1.95. The smallest absolute Gasteiger partial charge is 0.215 e. The molecule has 2 aliphatic rings. The first-order valence-electron chi connectivity index (χ1n) is 10.7. The van der Waals surface area contributed by atoms with Crippen LogP contribution in [-0.4, -0.2) is 37.1 Å². The first-order chi connectivity index (χ1) is 13.4. The van der Waals surface area contributed by atoms with E-state index in [1.807, 2.05) is 12.1 Å². The van der Waals surface area contributed by atoms with Gasteiger partial charge in [-0.2, -0.15) is 4.98 Å². The summed E-state index contributed by atoms with van der Waals surface area (Å²) in [5.74, 6) is 1.91. The minimum atomic E-state index is -0.915. The summed E-state index contributed by atoms with van der Waals surface area (Å²) in [6.45, 7) is 3.36. The van der Waals surface area contributed by atoms with Crippen LogP contribution >= 0.6 is 0 Å². The van der Waals surface area contributed by atoms with E-state index in [0.717, 1.165) is 49.1 Å². The summed E-state index contributed by atoms with van der Waals surface area (Å²) in [4.78, 5) is 21.6. The maximum atomic E-state index is 12.0. The number of pyridine rings is 1. The molecule has 2 aromatic rings. The minimum absolute atomic E-state index is 0.128. The third-order valence-corrected chi connectivity index (χ3v) is 5.57. The highest BCUT2D eigenvalue weighted by molar-refractivity contribution is 5.79. The molecule has 0 amide bonds. The maximum absolute atomic E-state index is 12.0. The zero-order valence-electron chi connectivity index (χ0n) is 17.0. The van der Waals surface area contributed by atoms with Crippen LogP contribution < -0.4 is 4.74 Å². The average Bonchev–Trinajstić information content (AvgIpc) is 3.31. The fraction of sp³-hybridized carbons (Fsp3) is 0.682. The van der Waals surface area contributed by atoms with Crippen LogP contribution in [0.25, 0.3) is 11.2 Å². The molecular weight excluding hydrogens is 354 g/mol. The molecule has 0 aromatic carbocycles. The Labute approximate surface area is 166 Å². The molecule has 0 spiro atoms. The zero-order chi connectivity index (χ0) is 19.7. The van der Waals surface area contributed by atoms with Gasteiger partial charge in [0.2, 0.25) is 5.88 Å². The van der Waals surface area contributed by atoms with Crippen LogP contribution in [0.4, 0.5) is 0 Å². The first kappa shape index (κ1) is 19.4. The highest BCUT2D eigenvalue weighted by Crippen LogP contribution is 2.36. The molecule has 0 radical (unpaired) electrons. The third-order valence-electron chi connectivity index (χ3n) is 5.57. The quantitative estimate of drug-likeness (QED) is 0.622. The van der Waals surface area contributed by atoms with Crippen molar-refractivity contribution in [2.45, 2.75) is 95.8 Å². The predicted octanol–water partition coefficient (Wildman–Crippen LogP) is 4.14. The molecule has 2 aromatic heterocycles. The van der Waals surface area contributed by atoms with Gasteiger partial charge in [-0.15, -0.1) is 0 Å². The topological polar surface area (TPSA) is 77.2 Å². The third kappa shape index (κ3) is 4.72. The number of ether oxygens (including phenoxy) is 1. The van der Waals surface area contributed by atoms with Crippen LogP contribution in [0.1, 0.15) is 83.5 Å². The molecule has 1 N–H and O–H groups in total. The van der Waals surface area contributed by atoms with Gasteiger partial charge in [0.05, 0.1) is 5.60 Å². The van der Waals surface area contributed by atoms with Gasteiger partial charge in [0, 0.05) is 31.4 Å². The van der Waals surface area contributed by atoms with E-state index in [9.17, 15) is 9.90 Å². The number of rotatable bonds is 10. The predicted molar refractivity (Wildman–Crippen MR) is 108 cm³/mol. The number of hydrogen-bond acceptors (Lipinski definition) is 5. The SMILES string of the molecule is CC(C)(O)CC(=O)CCCCc1nc2ccc(OC3CC3)nc2n1C1CCC1. The molecule has 0 unspecified atom stereocenters. The van der Waals surface area contributed by atoms with Crippen molar-refractivity contribution in [3.05, 3.63) is 18.0 Å². The summed E-state index contributed by atoms with van der Waals surface area (Å²) in [6.07, 6.45) is 9.53. The molecule has 6 nitrogen and oxygen atoms in total. The van der Waals surface area contributed by atoms with Crippen LogP contribution in [-0.2, 0) is 11.2 Å². The number of Topliss-reactive ketones (excluding diaryl/α,β-unsaturated/α-hetero) is 1. The van der Waals surface area contributed by atoms with E-state index < -0.39 is 5.60 Å². The standard InChI is InChI=1S/C22H31N3O3/c1-22(2,27)14-16(26)8-3-4-9-19-23-18-12-13-20(28-17-10-11-17)24-21(18)25(19)15-6-5-7-15/h12-13,15,17,27H,3-11,14H2,1-2H3. The van der Waals surface area contributed by atoms with E-state index in [4.69, 9.17) is 14.7 Å². The Balaban J connectivity index is 1.43. The summed E-state index contributed by atoms with van der Waals surface area (Å²) in [7, 11) is 0. The Bertz CT molecular complexity index is 845. The van der Waals surface area contributed by atoms with Crippen LogP contribution in [0.2, 0.25) is 0 Å². The van der Waals surface area contributed by atoms with E-state index in [-0.39, 0.29) is 12.2 Å². The fourth-order valence-electron chi connectivity index (χ4n) is 3.81. The lowest BCUT2D eigenvalue weighted by atomic mass is 9.92. The van der Waals surface area contributed by atoms with Gasteiger partial charge < -0.3 is 14.4 Å². The molecule has 4 rings (SSSR count). The highest BCUT2D eigenvalue weighted by atomic mass is 16.5. The number of carbonyl (C=O) groups excluding carboxylic acids is 1. The molecule has 2 fully saturated rings. The second-order valence-electron chi connectivity index (χ2n) is 9.03. The van der Waals surface area contributed by atoms with Crippen LogP contribution in [0.3, 0.4) is 0 Å². The Morgan fingerprint density at radius 1 is 1.21 bits per heavy atom. The van der Waals surface area contributed by atoms with Crippen molar-refractivity contribution in [1.29, 1.82) is 0 Å². The highest BCUT2D eigenvalue weighted by Gasteiger charge is 2.27. The van der Waals surface area contributed by atoms with Crippen molar-refractivity contribution < 1.29 is 14.6 Å². The lowest BCUT2D eigenvalue weighted by Crippen LogP contribution is -2.23. The summed E-state index contributed by atoms with van der Waals surface area (Å²) in [5.41, 5.74) is 0.959. The zero-order valence-corrected chi connectivity index (χ0v) is 17.0. The van der Waals surface area contributed by atoms with Crippen LogP contribution in [0.5, 0.6) is 5.88 Å². The van der Waals surface area contributed by atoms with Crippen molar-refractivity contribution in [1.82, 2.24) is 14.5 Å².